The van der Waals surface area contributed by atoms with Gasteiger partial charge in [0.05, 0.1) is 12.1 Å². The maximum absolute atomic E-state index is 11.9. The molecule has 2 aliphatic heterocycles. The van der Waals surface area contributed by atoms with Gasteiger partial charge in [-0.15, -0.1) is 11.8 Å². The van der Waals surface area contributed by atoms with Gasteiger partial charge in [0, 0.05) is 24.4 Å². The lowest BCUT2D eigenvalue weighted by atomic mass is 10.1. The van der Waals surface area contributed by atoms with Gasteiger partial charge in [-0.2, -0.15) is 0 Å². The molecule has 22 heavy (non-hydrogen) atoms. The van der Waals surface area contributed by atoms with E-state index < -0.39 is 0 Å². The number of hydrogen-bond acceptors (Lipinski definition) is 5. The van der Waals surface area contributed by atoms with Gasteiger partial charge >= 0.3 is 0 Å². The lowest BCUT2D eigenvalue weighted by Crippen LogP contribution is -2.46. The highest BCUT2D eigenvalue weighted by atomic mass is 32.2. The molecule has 6 heteroatoms. The first-order chi connectivity index (χ1) is 10.6. The summed E-state index contributed by atoms with van der Waals surface area (Å²) in [4.78, 5) is 18.9. The molecule has 1 aromatic rings. The number of aliphatic imine (C=N–C) groups is 1. The number of carbonyl (C=O) groups excluding carboxylic acids is 1. The van der Waals surface area contributed by atoms with Crippen LogP contribution in [0.15, 0.2) is 29.3 Å². The Hall–Kier alpha value is -1.53. The van der Waals surface area contributed by atoms with Gasteiger partial charge in [-0.3, -0.25) is 14.7 Å². The fourth-order valence-corrected chi connectivity index (χ4v) is 4.47. The molecule has 0 radical (unpaired) electrons. The van der Waals surface area contributed by atoms with Crippen molar-refractivity contribution in [3.63, 3.8) is 0 Å². The van der Waals surface area contributed by atoms with Crippen molar-refractivity contribution in [1.29, 1.82) is 0 Å². The van der Waals surface area contributed by atoms with Crippen LogP contribution in [0.25, 0.3) is 0 Å². The fraction of sp³-hybridized carbons (Fsp3) is 0.500. The molecule has 3 rings (SSSR count). The number of aromatic hydroxyl groups is 1. The number of likely N-dealkylation sites (tertiary alicyclic amines) is 1. The van der Waals surface area contributed by atoms with Gasteiger partial charge in [0.25, 0.3) is 0 Å². The summed E-state index contributed by atoms with van der Waals surface area (Å²) >= 11 is 1.68. The number of likely N-dealkylation sites (N-methyl/N-ethyl adjacent to an activating group) is 2. The smallest absolute Gasteiger partial charge is 0.237 e. The average Bonchev–Trinajstić information content (AvgIpc) is 3.13. The van der Waals surface area contributed by atoms with Crippen molar-refractivity contribution in [3.8, 4) is 5.75 Å². The Morgan fingerprint density at radius 3 is 2.91 bits per heavy atom. The minimum atomic E-state index is -0.0515. The number of thioether (sulfide) groups is 1. The average molecular weight is 319 g/mol. The Bertz CT molecular complexity index is 605. The fourth-order valence-electron chi connectivity index (χ4n) is 3.30. The second-order valence-electron chi connectivity index (χ2n) is 5.77. The van der Waals surface area contributed by atoms with E-state index in [9.17, 15) is 9.90 Å². The van der Waals surface area contributed by atoms with Crippen LogP contribution in [0, 0.1) is 0 Å². The summed E-state index contributed by atoms with van der Waals surface area (Å²) < 4.78 is 0. The van der Waals surface area contributed by atoms with E-state index in [-0.39, 0.29) is 29.8 Å². The third-order valence-electron chi connectivity index (χ3n) is 4.55. The van der Waals surface area contributed by atoms with E-state index in [1.165, 1.54) is 0 Å². The summed E-state index contributed by atoms with van der Waals surface area (Å²) in [5.41, 5.74) is 0.804. The summed E-state index contributed by atoms with van der Waals surface area (Å²) in [5.74, 6) is 1.26. The van der Waals surface area contributed by atoms with E-state index in [4.69, 9.17) is 4.99 Å². The molecule has 1 fully saturated rings. The second-order valence-corrected chi connectivity index (χ2v) is 6.78. The normalized spacial score (nSPS) is 28.6. The van der Waals surface area contributed by atoms with Crippen molar-refractivity contribution in [2.24, 2.45) is 4.99 Å². The number of para-hydroxylation sites is 1. The molecule has 3 unspecified atom stereocenters. The van der Waals surface area contributed by atoms with Gasteiger partial charge in [0.15, 0.2) is 0 Å². The van der Waals surface area contributed by atoms with Crippen LogP contribution < -0.4 is 5.32 Å². The van der Waals surface area contributed by atoms with Crippen LogP contribution in [-0.4, -0.2) is 58.9 Å². The highest BCUT2D eigenvalue weighted by Crippen LogP contribution is 2.34. The Balaban J connectivity index is 1.75. The van der Waals surface area contributed by atoms with E-state index in [0.29, 0.717) is 0 Å². The van der Waals surface area contributed by atoms with E-state index in [0.717, 1.165) is 29.2 Å². The van der Waals surface area contributed by atoms with Gasteiger partial charge in [0.1, 0.15) is 10.8 Å². The molecule has 3 atom stereocenters. The lowest BCUT2D eigenvalue weighted by Gasteiger charge is -2.27. The zero-order valence-corrected chi connectivity index (χ0v) is 13.6. The predicted octanol–water partition coefficient (Wildman–Crippen LogP) is 1.46. The number of benzene rings is 1. The molecule has 0 spiro atoms. The molecule has 0 aliphatic carbocycles. The topological polar surface area (TPSA) is 64.9 Å². The third kappa shape index (κ3) is 2.73. The molecule has 1 amide bonds. The van der Waals surface area contributed by atoms with Crippen LogP contribution in [0.4, 0.5) is 0 Å². The van der Waals surface area contributed by atoms with Gasteiger partial charge in [0.2, 0.25) is 5.91 Å². The Labute approximate surface area is 134 Å². The summed E-state index contributed by atoms with van der Waals surface area (Å²) in [5, 5.41) is 13.6. The molecule has 0 saturated carbocycles. The Morgan fingerprint density at radius 2 is 2.18 bits per heavy atom. The maximum Gasteiger partial charge on any atom is 0.237 e. The number of phenolic OH excluding ortho intramolecular Hbond substituents is 1. The largest absolute Gasteiger partial charge is 0.507 e. The lowest BCUT2D eigenvalue weighted by molar-refractivity contribution is -0.124. The van der Waals surface area contributed by atoms with E-state index in [1.807, 2.05) is 25.2 Å². The standard InChI is InChI=1S/C16H21N3O2S/c1-17-15(21)13-8-7-12(19(13)2)11-9-22-16(18-11)10-5-3-4-6-14(10)20/h3-6,11-13,20H,7-9H2,1-2H3,(H,17,21). The Morgan fingerprint density at radius 1 is 1.41 bits per heavy atom. The number of rotatable bonds is 3. The molecule has 0 bridgehead atoms. The molecule has 1 aromatic carbocycles. The summed E-state index contributed by atoms with van der Waals surface area (Å²) in [6.07, 6.45) is 1.86. The number of carbonyl (C=O) groups is 1. The quantitative estimate of drug-likeness (QED) is 0.885. The van der Waals surface area contributed by atoms with E-state index in [2.05, 4.69) is 10.2 Å². The number of amides is 1. The highest BCUT2D eigenvalue weighted by Gasteiger charge is 2.40. The summed E-state index contributed by atoms with van der Waals surface area (Å²) in [6.45, 7) is 0. The minimum absolute atomic E-state index is 0.0515. The number of nitrogens with one attached hydrogen (secondary N) is 1. The summed E-state index contributed by atoms with van der Waals surface area (Å²) in [7, 11) is 3.69. The molecular weight excluding hydrogens is 298 g/mol. The van der Waals surface area contributed by atoms with Crippen LogP contribution in [0.2, 0.25) is 0 Å². The third-order valence-corrected chi connectivity index (χ3v) is 5.66. The zero-order chi connectivity index (χ0) is 15.7. The van der Waals surface area contributed by atoms with Crippen molar-refractivity contribution in [3.05, 3.63) is 29.8 Å². The molecule has 1 saturated heterocycles. The van der Waals surface area contributed by atoms with Gasteiger partial charge in [-0.1, -0.05) is 12.1 Å². The first kappa shape index (κ1) is 15.4. The van der Waals surface area contributed by atoms with Gasteiger partial charge in [-0.05, 0) is 32.0 Å². The second kappa shape index (κ2) is 6.30. The predicted molar refractivity (Wildman–Crippen MR) is 89.5 cm³/mol. The first-order valence-electron chi connectivity index (χ1n) is 7.54. The van der Waals surface area contributed by atoms with Gasteiger partial charge < -0.3 is 10.4 Å². The first-order valence-corrected chi connectivity index (χ1v) is 8.53. The molecule has 2 N–H and O–H groups in total. The van der Waals surface area contributed by atoms with Gasteiger partial charge in [-0.25, -0.2) is 0 Å². The Kier molecular flexibility index (Phi) is 4.40. The van der Waals surface area contributed by atoms with Crippen LogP contribution in [0.3, 0.4) is 0 Å². The van der Waals surface area contributed by atoms with Crippen LogP contribution >= 0.6 is 11.8 Å². The molecule has 118 valence electrons. The molecule has 5 nitrogen and oxygen atoms in total. The molecular formula is C16H21N3O2S. The van der Waals surface area contributed by atoms with Crippen molar-refractivity contribution in [2.45, 2.75) is 31.0 Å². The van der Waals surface area contributed by atoms with Crippen molar-refractivity contribution >= 4 is 22.7 Å². The number of phenols is 1. The van der Waals surface area contributed by atoms with Crippen LogP contribution in [-0.2, 0) is 4.79 Å². The molecule has 2 aliphatic rings. The van der Waals surface area contributed by atoms with Crippen molar-refractivity contribution in [1.82, 2.24) is 10.2 Å². The monoisotopic (exact) mass is 319 g/mol. The van der Waals surface area contributed by atoms with Crippen molar-refractivity contribution in [2.75, 3.05) is 19.8 Å². The SMILES string of the molecule is CNC(=O)C1CCC(C2CSC(c3ccccc3O)=N2)N1C. The van der Waals surface area contributed by atoms with E-state index >= 15 is 0 Å². The minimum Gasteiger partial charge on any atom is -0.507 e. The number of nitrogens with zero attached hydrogens (tertiary/aromatic N) is 2. The summed E-state index contributed by atoms with van der Waals surface area (Å²) in [6, 6.07) is 7.73. The molecule has 2 heterocycles. The maximum atomic E-state index is 11.9. The zero-order valence-electron chi connectivity index (χ0n) is 12.8. The van der Waals surface area contributed by atoms with Crippen LogP contribution in [0.1, 0.15) is 18.4 Å². The van der Waals surface area contributed by atoms with Crippen molar-refractivity contribution < 1.29 is 9.90 Å². The van der Waals surface area contributed by atoms with E-state index in [1.54, 1.807) is 24.9 Å². The number of hydrogen-bond donors (Lipinski definition) is 2. The highest BCUT2D eigenvalue weighted by molar-refractivity contribution is 8.14. The van der Waals surface area contributed by atoms with Crippen LogP contribution in [0.5, 0.6) is 5.75 Å². The molecule has 0 aromatic heterocycles.